The fourth-order valence-electron chi connectivity index (χ4n) is 4.09. The van der Waals surface area contributed by atoms with Crippen molar-refractivity contribution in [2.45, 2.75) is 42.5 Å². The van der Waals surface area contributed by atoms with Crippen LogP contribution in [0, 0.1) is 0 Å². The normalized spacial score (nSPS) is 16.6. The van der Waals surface area contributed by atoms with Crippen molar-refractivity contribution in [1.82, 2.24) is 25.1 Å². The molecule has 4 aromatic rings. The maximum Gasteiger partial charge on any atom is 0.233 e. The van der Waals surface area contributed by atoms with Gasteiger partial charge in [-0.15, -0.1) is 0 Å². The largest absolute Gasteiger partial charge is 0.348 e. The van der Waals surface area contributed by atoms with E-state index < -0.39 is 0 Å². The quantitative estimate of drug-likeness (QED) is 0.374. The molecule has 0 bridgehead atoms. The average molecular weight is 430 g/mol. The summed E-state index contributed by atoms with van der Waals surface area (Å²) in [5.74, 6) is 0.0221. The molecule has 1 aliphatic carbocycles. The van der Waals surface area contributed by atoms with Crippen molar-refractivity contribution in [3.05, 3.63) is 78.2 Å². The zero-order valence-corrected chi connectivity index (χ0v) is 18.0. The molecule has 2 aromatic carbocycles. The molecular formula is C24H23N5OS. The lowest BCUT2D eigenvalue weighted by Crippen LogP contribution is -2.35. The first-order valence-corrected chi connectivity index (χ1v) is 11.4. The minimum Gasteiger partial charge on any atom is -0.348 e. The number of carbonyl (C=O) groups excluding carboxylic acids is 1. The Morgan fingerprint density at radius 3 is 2.81 bits per heavy atom. The average Bonchev–Trinajstić information content (AvgIpc) is 3.25. The molecule has 6 nitrogen and oxygen atoms in total. The first kappa shape index (κ1) is 19.8. The fourth-order valence-corrected chi connectivity index (χ4v) is 4.98. The summed E-state index contributed by atoms with van der Waals surface area (Å²) in [6, 6.07) is 18.4. The Bertz CT molecular complexity index is 1220. The van der Waals surface area contributed by atoms with Gasteiger partial charge in [-0.3, -0.25) is 4.79 Å². The molecule has 156 valence electrons. The highest BCUT2D eigenvalue weighted by molar-refractivity contribution is 8.00. The Morgan fingerprint density at radius 1 is 1.13 bits per heavy atom. The van der Waals surface area contributed by atoms with Crippen molar-refractivity contribution < 1.29 is 4.79 Å². The lowest BCUT2D eigenvalue weighted by molar-refractivity contribution is -0.121. The van der Waals surface area contributed by atoms with E-state index in [0.29, 0.717) is 0 Å². The summed E-state index contributed by atoms with van der Waals surface area (Å²) in [6.45, 7) is 1.92. The van der Waals surface area contributed by atoms with Crippen LogP contribution >= 0.6 is 11.8 Å². The molecule has 31 heavy (non-hydrogen) atoms. The lowest BCUT2D eigenvalue weighted by Gasteiger charge is -2.27. The lowest BCUT2D eigenvalue weighted by atomic mass is 9.88. The third-order valence-corrected chi connectivity index (χ3v) is 6.79. The van der Waals surface area contributed by atoms with E-state index in [9.17, 15) is 4.79 Å². The van der Waals surface area contributed by atoms with Gasteiger partial charge in [0.05, 0.1) is 28.6 Å². The third-order valence-electron chi connectivity index (χ3n) is 5.67. The van der Waals surface area contributed by atoms with E-state index >= 15 is 0 Å². The van der Waals surface area contributed by atoms with Gasteiger partial charge in [0, 0.05) is 0 Å². The van der Waals surface area contributed by atoms with Crippen LogP contribution in [0.25, 0.3) is 16.7 Å². The highest BCUT2D eigenvalue weighted by Crippen LogP contribution is 2.32. The fraction of sp³-hybridized carbons (Fsp3) is 0.250. The van der Waals surface area contributed by atoms with Crippen LogP contribution in [-0.4, -0.2) is 30.9 Å². The third kappa shape index (κ3) is 3.93. The van der Waals surface area contributed by atoms with Crippen molar-refractivity contribution in [1.29, 1.82) is 0 Å². The zero-order chi connectivity index (χ0) is 21.2. The van der Waals surface area contributed by atoms with Gasteiger partial charge in [-0.1, -0.05) is 54.2 Å². The molecule has 0 unspecified atom stereocenters. The van der Waals surface area contributed by atoms with Gasteiger partial charge in [-0.05, 0) is 49.4 Å². The SMILES string of the molecule is C[C@H](Sc1ncnc2c1cnn2-c1ccccc1)C(=O)N[C@@H]1CCCc2ccccc21. The number of benzene rings is 2. The summed E-state index contributed by atoms with van der Waals surface area (Å²) in [5, 5.41) is 9.07. The molecule has 2 aromatic heterocycles. The van der Waals surface area contributed by atoms with E-state index in [1.54, 1.807) is 10.9 Å². The summed E-state index contributed by atoms with van der Waals surface area (Å²) >= 11 is 1.44. The van der Waals surface area contributed by atoms with Gasteiger partial charge >= 0.3 is 0 Å². The number of amides is 1. The number of para-hydroxylation sites is 1. The number of rotatable bonds is 5. The minimum absolute atomic E-state index is 0.0221. The summed E-state index contributed by atoms with van der Waals surface area (Å²) in [6.07, 6.45) is 6.45. The summed E-state index contributed by atoms with van der Waals surface area (Å²) in [4.78, 5) is 21.9. The highest BCUT2D eigenvalue weighted by atomic mass is 32.2. The number of hydrogen-bond acceptors (Lipinski definition) is 5. The van der Waals surface area contributed by atoms with Crippen LogP contribution in [0.3, 0.4) is 0 Å². The molecule has 7 heteroatoms. The molecule has 0 radical (unpaired) electrons. The van der Waals surface area contributed by atoms with Crippen molar-refractivity contribution in [2.24, 2.45) is 0 Å². The van der Waals surface area contributed by atoms with E-state index in [1.807, 2.05) is 43.3 Å². The van der Waals surface area contributed by atoms with E-state index in [4.69, 9.17) is 0 Å². The number of aryl methyl sites for hydroxylation is 1. The Balaban J connectivity index is 1.34. The minimum atomic E-state index is -0.285. The highest BCUT2D eigenvalue weighted by Gasteiger charge is 2.25. The van der Waals surface area contributed by atoms with Crippen LogP contribution in [0.4, 0.5) is 0 Å². The van der Waals surface area contributed by atoms with Gasteiger partial charge < -0.3 is 5.32 Å². The van der Waals surface area contributed by atoms with Crippen molar-refractivity contribution in [3.63, 3.8) is 0 Å². The molecule has 2 atom stereocenters. The number of thioether (sulfide) groups is 1. The predicted octanol–water partition coefficient (Wildman–Crippen LogP) is 4.49. The summed E-state index contributed by atoms with van der Waals surface area (Å²) < 4.78 is 1.80. The number of carbonyl (C=O) groups is 1. The predicted molar refractivity (Wildman–Crippen MR) is 122 cm³/mol. The first-order chi connectivity index (χ1) is 15.2. The van der Waals surface area contributed by atoms with Gasteiger partial charge in [0.1, 0.15) is 11.4 Å². The topological polar surface area (TPSA) is 72.7 Å². The molecule has 1 aliphatic rings. The van der Waals surface area contributed by atoms with Crippen LogP contribution in [-0.2, 0) is 11.2 Å². The Labute approximate surface area is 185 Å². The Hall–Kier alpha value is -3.19. The van der Waals surface area contributed by atoms with Crippen LogP contribution in [0.15, 0.2) is 72.1 Å². The molecule has 0 spiro atoms. The van der Waals surface area contributed by atoms with Gasteiger partial charge in [0.25, 0.3) is 0 Å². The molecule has 1 amide bonds. The van der Waals surface area contributed by atoms with Gasteiger partial charge in [-0.25, -0.2) is 14.6 Å². The number of nitrogens with one attached hydrogen (secondary N) is 1. The van der Waals surface area contributed by atoms with Gasteiger partial charge in [-0.2, -0.15) is 5.10 Å². The van der Waals surface area contributed by atoms with Crippen molar-refractivity contribution >= 4 is 28.7 Å². The second kappa shape index (κ2) is 8.51. The monoisotopic (exact) mass is 429 g/mol. The molecule has 0 saturated heterocycles. The van der Waals surface area contributed by atoms with E-state index in [0.717, 1.165) is 41.0 Å². The van der Waals surface area contributed by atoms with Crippen LogP contribution in [0.1, 0.15) is 36.9 Å². The van der Waals surface area contributed by atoms with E-state index in [2.05, 4.69) is 38.6 Å². The van der Waals surface area contributed by atoms with E-state index in [-0.39, 0.29) is 17.2 Å². The molecular weight excluding hydrogens is 406 g/mol. The molecule has 0 fully saturated rings. The number of aromatic nitrogens is 4. The number of nitrogens with zero attached hydrogens (tertiary/aromatic N) is 4. The van der Waals surface area contributed by atoms with Gasteiger partial charge in [0.15, 0.2) is 5.65 Å². The van der Waals surface area contributed by atoms with Gasteiger partial charge in [0.2, 0.25) is 5.91 Å². The smallest absolute Gasteiger partial charge is 0.233 e. The molecule has 0 aliphatic heterocycles. The van der Waals surface area contributed by atoms with Crippen molar-refractivity contribution in [2.75, 3.05) is 0 Å². The summed E-state index contributed by atoms with van der Waals surface area (Å²) in [7, 11) is 0. The maximum atomic E-state index is 13.0. The van der Waals surface area contributed by atoms with Crippen LogP contribution in [0.2, 0.25) is 0 Å². The molecule has 5 rings (SSSR count). The molecule has 2 heterocycles. The second-order valence-electron chi connectivity index (χ2n) is 7.72. The van der Waals surface area contributed by atoms with E-state index in [1.165, 1.54) is 29.2 Å². The Morgan fingerprint density at radius 2 is 1.94 bits per heavy atom. The molecule has 0 saturated carbocycles. The van der Waals surface area contributed by atoms with Crippen LogP contribution in [0.5, 0.6) is 0 Å². The van der Waals surface area contributed by atoms with Crippen molar-refractivity contribution in [3.8, 4) is 5.69 Å². The maximum absolute atomic E-state index is 13.0. The zero-order valence-electron chi connectivity index (χ0n) is 17.2. The number of hydrogen-bond donors (Lipinski definition) is 1. The standard InChI is InChI=1S/C24H23N5OS/c1-16(23(30)28-21-13-7-9-17-8-5-6-12-19(17)21)31-24-20-14-27-29(22(20)25-15-26-24)18-10-3-2-4-11-18/h2-6,8,10-12,14-16,21H,7,9,13H2,1H3,(H,28,30)/t16-,21+/m0/s1. The molecule has 1 N–H and O–H groups in total. The first-order valence-electron chi connectivity index (χ1n) is 10.5. The Kier molecular flexibility index (Phi) is 5.42. The van der Waals surface area contributed by atoms with Crippen LogP contribution < -0.4 is 5.32 Å². The summed E-state index contributed by atoms with van der Waals surface area (Å²) in [5.41, 5.74) is 4.25. The second-order valence-corrected chi connectivity index (χ2v) is 9.05. The number of fused-ring (bicyclic) bond motifs is 2.